The molecular weight excluding hydrogens is 370 g/mol. The van der Waals surface area contributed by atoms with Crippen LogP contribution in [0.4, 0.5) is 5.82 Å². The van der Waals surface area contributed by atoms with Gasteiger partial charge in [-0.15, -0.1) is 11.3 Å². The maximum Gasteiger partial charge on any atom is 0.132 e. The van der Waals surface area contributed by atoms with Gasteiger partial charge in [-0.05, 0) is 41.3 Å². The number of ether oxygens (including phenoxy) is 2. The molecule has 0 spiro atoms. The highest BCUT2D eigenvalue weighted by Gasteiger charge is 2.09. The number of rotatable bonds is 6. The first-order valence-corrected chi connectivity index (χ1v) is 9.56. The van der Waals surface area contributed by atoms with E-state index in [0.29, 0.717) is 24.6 Å². The molecule has 0 aliphatic rings. The molecule has 0 saturated heterocycles. The van der Waals surface area contributed by atoms with Crippen LogP contribution >= 0.6 is 11.3 Å². The molecule has 0 aliphatic carbocycles. The van der Waals surface area contributed by atoms with Crippen LogP contribution in [0.5, 0.6) is 11.5 Å². The summed E-state index contributed by atoms with van der Waals surface area (Å²) in [7, 11) is 0. The number of aromatic nitrogens is 1. The van der Waals surface area contributed by atoms with Crippen molar-refractivity contribution in [2.24, 2.45) is 0 Å². The van der Waals surface area contributed by atoms with E-state index in [0.717, 1.165) is 32.7 Å². The van der Waals surface area contributed by atoms with Crippen LogP contribution in [-0.4, -0.2) is 4.98 Å². The predicted molar refractivity (Wildman–Crippen MR) is 110 cm³/mol. The number of hydrogen-bond acceptors (Lipinski definition) is 6. The van der Waals surface area contributed by atoms with Crippen LogP contribution in [0.25, 0.3) is 10.1 Å². The van der Waals surface area contributed by atoms with E-state index in [1.54, 1.807) is 29.7 Å². The molecule has 0 saturated carbocycles. The fraction of sp³-hybridized carbons (Fsp3) is 0.0909. The molecular formula is C22H17N3O2S. The molecule has 0 amide bonds. The van der Waals surface area contributed by atoms with Crippen molar-refractivity contribution in [3.63, 3.8) is 0 Å². The third-order valence-corrected chi connectivity index (χ3v) is 5.28. The maximum atomic E-state index is 8.85. The van der Waals surface area contributed by atoms with Crippen molar-refractivity contribution in [1.82, 2.24) is 4.98 Å². The van der Waals surface area contributed by atoms with Crippen LogP contribution < -0.4 is 15.2 Å². The summed E-state index contributed by atoms with van der Waals surface area (Å²) in [6.07, 6.45) is 1.72. The molecule has 5 nitrogen and oxygen atoms in total. The minimum atomic E-state index is 0.412. The van der Waals surface area contributed by atoms with Crippen LogP contribution in [0.1, 0.15) is 16.7 Å². The highest BCUT2D eigenvalue weighted by atomic mass is 32.1. The second kappa shape index (κ2) is 7.99. The molecule has 28 heavy (non-hydrogen) atoms. The summed E-state index contributed by atoms with van der Waals surface area (Å²) in [6, 6.07) is 18.9. The Morgan fingerprint density at radius 1 is 1.00 bits per heavy atom. The fourth-order valence-corrected chi connectivity index (χ4v) is 3.79. The highest BCUT2D eigenvalue weighted by Crippen LogP contribution is 2.30. The lowest BCUT2D eigenvalue weighted by Crippen LogP contribution is -1.98. The van der Waals surface area contributed by atoms with E-state index in [1.165, 1.54) is 0 Å². The lowest BCUT2D eigenvalue weighted by molar-refractivity contribution is 0.291. The fourth-order valence-electron chi connectivity index (χ4n) is 2.84. The summed E-state index contributed by atoms with van der Waals surface area (Å²) >= 11 is 1.63. The predicted octanol–water partition coefficient (Wildman–Crippen LogP) is 4.91. The van der Waals surface area contributed by atoms with Crippen molar-refractivity contribution >= 4 is 27.2 Å². The summed E-state index contributed by atoms with van der Waals surface area (Å²) < 4.78 is 12.9. The molecule has 2 aromatic carbocycles. The number of anilines is 1. The van der Waals surface area contributed by atoms with Gasteiger partial charge < -0.3 is 15.2 Å². The number of nitrogen functional groups attached to an aromatic ring is 1. The Morgan fingerprint density at radius 2 is 1.75 bits per heavy atom. The Balaban J connectivity index is 1.41. The average molecular weight is 387 g/mol. The van der Waals surface area contributed by atoms with Gasteiger partial charge in [0.25, 0.3) is 0 Å². The molecule has 4 rings (SSSR count). The Bertz CT molecular complexity index is 1150. The minimum Gasteiger partial charge on any atom is -0.489 e. The molecule has 6 heteroatoms. The van der Waals surface area contributed by atoms with E-state index < -0.39 is 0 Å². The minimum absolute atomic E-state index is 0.412. The Kier molecular flexibility index (Phi) is 5.09. The zero-order chi connectivity index (χ0) is 19.3. The molecule has 138 valence electrons. The number of thiophene rings is 1. The lowest BCUT2D eigenvalue weighted by atomic mass is 10.2. The van der Waals surface area contributed by atoms with Gasteiger partial charge in [0.15, 0.2) is 0 Å². The molecule has 0 fully saturated rings. The molecule has 0 atom stereocenters. The molecule has 2 N–H and O–H groups in total. The van der Waals surface area contributed by atoms with Crippen LogP contribution in [0.2, 0.25) is 0 Å². The van der Waals surface area contributed by atoms with Gasteiger partial charge in [-0.3, -0.25) is 0 Å². The number of nitrogens with two attached hydrogens (primary N) is 1. The van der Waals surface area contributed by atoms with Gasteiger partial charge in [0, 0.05) is 27.9 Å². The average Bonchev–Trinajstić information content (AvgIpc) is 3.16. The SMILES string of the molecule is N#Cc1ccc(COc2cccc(OCc3csc4ccnc(N)c34)c2)cc1. The summed E-state index contributed by atoms with van der Waals surface area (Å²) in [5, 5.41) is 11.9. The third-order valence-electron chi connectivity index (χ3n) is 4.28. The summed E-state index contributed by atoms with van der Waals surface area (Å²) in [4.78, 5) is 4.16. The van der Waals surface area contributed by atoms with Crippen molar-refractivity contribution in [3.8, 4) is 17.6 Å². The second-order valence-electron chi connectivity index (χ2n) is 6.19. The van der Waals surface area contributed by atoms with Gasteiger partial charge in [-0.1, -0.05) is 18.2 Å². The van der Waals surface area contributed by atoms with Crippen LogP contribution in [0.15, 0.2) is 66.2 Å². The van der Waals surface area contributed by atoms with E-state index in [2.05, 4.69) is 11.1 Å². The van der Waals surface area contributed by atoms with Crippen molar-refractivity contribution in [2.75, 3.05) is 5.73 Å². The van der Waals surface area contributed by atoms with Crippen molar-refractivity contribution < 1.29 is 9.47 Å². The van der Waals surface area contributed by atoms with E-state index in [4.69, 9.17) is 20.5 Å². The first kappa shape index (κ1) is 17.8. The molecule has 0 aliphatic heterocycles. The molecule has 4 aromatic rings. The van der Waals surface area contributed by atoms with E-state index in [1.807, 2.05) is 47.8 Å². The highest BCUT2D eigenvalue weighted by molar-refractivity contribution is 7.17. The number of pyridine rings is 1. The summed E-state index contributed by atoms with van der Waals surface area (Å²) in [5.74, 6) is 1.97. The van der Waals surface area contributed by atoms with E-state index in [-0.39, 0.29) is 0 Å². The number of benzene rings is 2. The zero-order valence-electron chi connectivity index (χ0n) is 15.0. The molecule has 0 unspecified atom stereocenters. The van der Waals surface area contributed by atoms with Crippen molar-refractivity contribution in [3.05, 3.63) is 82.9 Å². The van der Waals surface area contributed by atoms with Gasteiger partial charge in [-0.2, -0.15) is 5.26 Å². The van der Waals surface area contributed by atoms with Crippen LogP contribution in [0, 0.1) is 11.3 Å². The monoisotopic (exact) mass is 387 g/mol. The van der Waals surface area contributed by atoms with Gasteiger partial charge in [-0.25, -0.2) is 4.98 Å². The molecule has 0 radical (unpaired) electrons. The lowest BCUT2D eigenvalue weighted by Gasteiger charge is -2.10. The summed E-state index contributed by atoms with van der Waals surface area (Å²) in [5.41, 5.74) is 8.67. The number of fused-ring (bicyclic) bond motifs is 1. The number of nitrogens with zero attached hydrogens (tertiary/aromatic N) is 2. The smallest absolute Gasteiger partial charge is 0.132 e. The zero-order valence-corrected chi connectivity index (χ0v) is 15.8. The van der Waals surface area contributed by atoms with Crippen LogP contribution in [-0.2, 0) is 13.2 Å². The third kappa shape index (κ3) is 3.90. The number of nitriles is 1. The Labute approximate surface area is 166 Å². The van der Waals surface area contributed by atoms with Crippen molar-refractivity contribution in [2.45, 2.75) is 13.2 Å². The van der Waals surface area contributed by atoms with E-state index >= 15 is 0 Å². The Morgan fingerprint density at radius 3 is 2.50 bits per heavy atom. The van der Waals surface area contributed by atoms with Gasteiger partial charge in [0.1, 0.15) is 30.5 Å². The molecule has 2 aromatic heterocycles. The standard InChI is InChI=1S/C22H17N3O2S/c23-11-15-4-6-16(7-5-15)12-26-18-2-1-3-19(10-18)27-13-17-14-28-20-8-9-25-22(24)21(17)20/h1-10,14H,12-13H2,(H2,24,25). The van der Waals surface area contributed by atoms with Gasteiger partial charge in [0.2, 0.25) is 0 Å². The first-order valence-electron chi connectivity index (χ1n) is 8.68. The largest absolute Gasteiger partial charge is 0.489 e. The normalized spacial score (nSPS) is 10.5. The van der Waals surface area contributed by atoms with Crippen molar-refractivity contribution in [1.29, 1.82) is 5.26 Å². The van der Waals surface area contributed by atoms with Gasteiger partial charge in [0.05, 0.1) is 11.6 Å². The summed E-state index contributed by atoms with van der Waals surface area (Å²) in [6.45, 7) is 0.835. The second-order valence-corrected chi connectivity index (χ2v) is 7.10. The first-order chi connectivity index (χ1) is 13.7. The molecule has 2 heterocycles. The molecule has 0 bridgehead atoms. The van der Waals surface area contributed by atoms with Gasteiger partial charge >= 0.3 is 0 Å². The topological polar surface area (TPSA) is 81.2 Å². The maximum absolute atomic E-state index is 8.85. The number of hydrogen-bond donors (Lipinski definition) is 1. The van der Waals surface area contributed by atoms with Crippen LogP contribution in [0.3, 0.4) is 0 Å². The quantitative estimate of drug-likeness (QED) is 0.508. The van der Waals surface area contributed by atoms with E-state index in [9.17, 15) is 0 Å². The Hall–Kier alpha value is -3.56.